The van der Waals surface area contributed by atoms with E-state index in [1.165, 1.54) is 79.8 Å². The highest BCUT2D eigenvalue weighted by Gasteiger charge is 2.18. The molecule has 3 rings (SSSR count). The second kappa shape index (κ2) is 8.24. The second-order valence-corrected chi connectivity index (χ2v) is 7.55. The van der Waals surface area contributed by atoms with Crippen LogP contribution in [0.5, 0.6) is 5.75 Å². The van der Waals surface area contributed by atoms with E-state index in [4.69, 9.17) is 4.18 Å². The molecule has 0 aliphatic heterocycles. The lowest BCUT2D eigenvalue weighted by Crippen LogP contribution is -2.18. The van der Waals surface area contributed by atoms with Gasteiger partial charge in [-0.15, -0.1) is 0 Å². The van der Waals surface area contributed by atoms with Gasteiger partial charge in [-0.2, -0.15) is 8.42 Å². The molecule has 3 aromatic rings. The molecule has 0 saturated heterocycles. The molecule has 0 saturated carbocycles. The van der Waals surface area contributed by atoms with Crippen molar-refractivity contribution in [2.75, 3.05) is 7.05 Å². The number of halogens is 1. The van der Waals surface area contributed by atoms with Crippen molar-refractivity contribution in [2.45, 2.75) is 4.90 Å². The zero-order valence-corrected chi connectivity index (χ0v) is 16.1. The summed E-state index contributed by atoms with van der Waals surface area (Å²) in [6.07, 6.45) is 0. The van der Waals surface area contributed by atoms with Gasteiger partial charge in [0.25, 0.3) is 5.91 Å². The van der Waals surface area contributed by atoms with Crippen LogP contribution < -0.4 is 9.50 Å². The molecule has 3 aromatic carbocycles. The predicted octanol–water partition coefficient (Wildman–Crippen LogP) is 3.18. The fraction of sp³-hybridized carbons (Fsp3) is 0.0476. The number of amides is 1. The van der Waals surface area contributed by atoms with Crippen molar-refractivity contribution in [3.05, 3.63) is 95.3 Å². The number of carbonyl (C=O) groups excluding carboxylic acids is 2. The quantitative estimate of drug-likeness (QED) is 0.495. The Bertz CT molecular complexity index is 1140. The van der Waals surface area contributed by atoms with E-state index in [-0.39, 0.29) is 22.3 Å². The van der Waals surface area contributed by atoms with E-state index in [0.717, 1.165) is 0 Å². The van der Waals surface area contributed by atoms with Gasteiger partial charge in [-0.25, -0.2) is 4.39 Å². The largest absolute Gasteiger partial charge is 0.379 e. The van der Waals surface area contributed by atoms with Gasteiger partial charge in [0.15, 0.2) is 5.78 Å². The number of rotatable bonds is 6. The van der Waals surface area contributed by atoms with Crippen LogP contribution in [0.15, 0.2) is 77.7 Å². The van der Waals surface area contributed by atoms with Gasteiger partial charge in [0, 0.05) is 23.7 Å². The number of benzene rings is 3. The van der Waals surface area contributed by atoms with Crippen molar-refractivity contribution >= 4 is 21.8 Å². The first kappa shape index (κ1) is 20.2. The Kier molecular flexibility index (Phi) is 5.74. The van der Waals surface area contributed by atoms with Gasteiger partial charge in [0.1, 0.15) is 16.5 Å². The number of ketones is 1. The van der Waals surface area contributed by atoms with Gasteiger partial charge >= 0.3 is 10.1 Å². The first-order valence-electron chi connectivity index (χ1n) is 8.47. The molecule has 0 bridgehead atoms. The molecule has 148 valence electrons. The highest BCUT2D eigenvalue weighted by molar-refractivity contribution is 7.87. The van der Waals surface area contributed by atoms with Gasteiger partial charge < -0.3 is 9.50 Å². The Morgan fingerprint density at radius 2 is 1.28 bits per heavy atom. The number of nitrogens with one attached hydrogen (secondary N) is 1. The Morgan fingerprint density at radius 1 is 0.793 bits per heavy atom. The van der Waals surface area contributed by atoms with Gasteiger partial charge in [-0.1, -0.05) is 0 Å². The maximum atomic E-state index is 13.0. The van der Waals surface area contributed by atoms with Crippen LogP contribution in [-0.4, -0.2) is 27.2 Å². The van der Waals surface area contributed by atoms with Crippen LogP contribution >= 0.6 is 0 Å². The fourth-order valence-corrected chi connectivity index (χ4v) is 3.45. The molecule has 0 aliphatic carbocycles. The Labute approximate surface area is 167 Å². The third-order valence-electron chi connectivity index (χ3n) is 4.06. The summed E-state index contributed by atoms with van der Waals surface area (Å²) in [6, 6.07) is 16.0. The lowest BCUT2D eigenvalue weighted by Gasteiger charge is -2.08. The lowest BCUT2D eigenvalue weighted by atomic mass is 10.0. The van der Waals surface area contributed by atoms with Crippen LogP contribution in [0.25, 0.3) is 0 Å². The van der Waals surface area contributed by atoms with Crippen molar-refractivity contribution in [1.82, 2.24) is 5.32 Å². The predicted molar refractivity (Wildman–Crippen MR) is 104 cm³/mol. The average Bonchev–Trinajstić information content (AvgIpc) is 2.73. The zero-order chi connectivity index (χ0) is 21.0. The summed E-state index contributed by atoms with van der Waals surface area (Å²) in [5, 5.41) is 2.44. The molecule has 0 spiro atoms. The second-order valence-electron chi connectivity index (χ2n) is 6.00. The van der Waals surface area contributed by atoms with E-state index in [1.807, 2.05) is 0 Å². The first-order chi connectivity index (χ1) is 13.8. The minimum Gasteiger partial charge on any atom is -0.379 e. The molecule has 0 heterocycles. The highest BCUT2D eigenvalue weighted by Crippen LogP contribution is 2.21. The number of carbonyl (C=O) groups is 2. The summed E-state index contributed by atoms with van der Waals surface area (Å²) in [4.78, 5) is 23.8. The van der Waals surface area contributed by atoms with Gasteiger partial charge in [-0.3, -0.25) is 9.59 Å². The Morgan fingerprint density at radius 3 is 1.79 bits per heavy atom. The molecule has 29 heavy (non-hydrogen) atoms. The third-order valence-corrected chi connectivity index (χ3v) is 5.32. The van der Waals surface area contributed by atoms with E-state index in [2.05, 4.69) is 5.32 Å². The molecule has 8 heteroatoms. The van der Waals surface area contributed by atoms with Crippen LogP contribution in [0.1, 0.15) is 26.3 Å². The van der Waals surface area contributed by atoms with Gasteiger partial charge in [0.05, 0.1) is 0 Å². The van der Waals surface area contributed by atoms with Crippen molar-refractivity contribution in [1.29, 1.82) is 0 Å². The molecule has 6 nitrogen and oxygen atoms in total. The van der Waals surface area contributed by atoms with Crippen LogP contribution in [-0.2, 0) is 10.1 Å². The summed E-state index contributed by atoms with van der Waals surface area (Å²) < 4.78 is 42.9. The molecule has 0 fully saturated rings. The van der Waals surface area contributed by atoms with Crippen LogP contribution in [0.2, 0.25) is 0 Å². The number of hydrogen-bond donors (Lipinski definition) is 1. The molecule has 0 aromatic heterocycles. The summed E-state index contributed by atoms with van der Waals surface area (Å²) in [5.41, 5.74) is 0.926. The zero-order valence-electron chi connectivity index (χ0n) is 15.3. The van der Waals surface area contributed by atoms with Gasteiger partial charge in [-0.05, 0) is 72.8 Å². The third kappa shape index (κ3) is 4.67. The van der Waals surface area contributed by atoms with Crippen LogP contribution in [0.3, 0.4) is 0 Å². The molecular formula is C21H16FNO5S. The highest BCUT2D eigenvalue weighted by atomic mass is 32.2. The first-order valence-corrected chi connectivity index (χ1v) is 9.88. The molecule has 0 aliphatic rings. The smallest absolute Gasteiger partial charge is 0.339 e. The lowest BCUT2D eigenvalue weighted by molar-refractivity contribution is 0.0962. The Balaban J connectivity index is 1.75. The summed E-state index contributed by atoms with van der Waals surface area (Å²) in [6.45, 7) is 0. The molecule has 0 atom stereocenters. The standard InChI is InChI=1S/C21H16FNO5S/c1-23-21(25)16-6-12-19(13-7-16)29(26,27)28-18-10-4-15(5-11-18)20(24)14-2-8-17(22)9-3-14/h2-13H,1H3,(H,23,25). The van der Waals surface area contributed by atoms with Crippen molar-refractivity contribution < 1.29 is 26.6 Å². The van der Waals surface area contributed by atoms with E-state index < -0.39 is 15.9 Å². The Hall–Kier alpha value is -3.52. The van der Waals surface area contributed by atoms with Gasteiger partial charge in [0.2, 0.25) is 0 Å². The minimum absolute atomic E-state index is 0.0241. The average molecular weight is 413 g/mol. The number of hydrogen-bond acceptors (Lipinski definition) is 5. The molecule has 0 unspecified atom stereocenters. The van der Waals surface area contributed by atoms with E-state index in [9.17, 15) is 22.4 Å². The molecular weight excluding hydrogens is 397 g/mol. The normalized spacial score (nSPS) is 11.0. The van der Waals surface area contributed by atoms with Crippen LogP contribution in [0, 0.1) is 5.82 Å². The van der Waals surface area contributed by atoms with E-state index in [0.29, 0.717) is 16.7 Å². The summed E-state index contributed by atoms with van der Waals surface area (Å²) >= 11 is 0. The molecule has 1 amide bonds. The van der Waals surface area contributed by atoms with Crippen LogP contribution in [0.4, 0.5) is 4.39 Å². The van der Waals surface area contributed by atoms with Crippen molar-refractivity contribution in [2.24, 2.45) is 0 Å². The van der Waals surface area contributed by atoms with E-state index >= 15 is 0 Å². The summed E-state index contributed by atoms with van der Waals surface area (Å²) in [7, 11) is -2.64. The maximum Gasteiger partial charge on any atom is 0.339 e. The topological polar surface area (TPSA) is 89.5 Å². The van der Waals surface area contributed by atoms with E-state index in [1.54, 1.807) is 0 Å². The summed E-state index contributed by atoms with van der Waals surface area (Å²) in [5.74, 6) is -1.09. The van der Waals surface area contributed by atoms with Crippen molar-refractivity contribution in [3.8, 4) is 5.75 Å². The fourth-order valence-electron chi connectivity index (χ4n) is 2.52. The molecule has 0 radical (unpaired) electrons. The maximum absolute atomic E-state index is 13.0. The SMILES string of the molecule is CNC(=O)c1ccc(S(=O)(=O)Oc2ccc(C(=O)c3ccc(F)cc3)cc2)cc1. The van der Waals surface area contributed by atoms with Crippen molar-refractivity contribution in [3.63, 3.8) is 0 Å². The minimum atomic E-state index is -4.11. The molecule has 1 N–H and O–H groups in total. The monoisotopic (exact) mass is 413 g/mol.